The first-order valence-electron chi connectivity index (χ1n) is 4.87. The van der Waals surface area contributed by atoms with E-state index in [1.54, 1.807) is 6.08 Å². The summed E-state index contributed by atoms with van der Waals surface area (Å²) in [7, 11) is 0. The summed E-state index contributed by atoms with van der Waals surface area (Å²) in [5.74, 6) is -0.359. The summed E-state index contributed by atoms with van der Waals surface area (Å²) in [5.41, 5.74) is 0.268. The Balaban J connectivity index is 2.23. The van der Waals surface area contributed by atoms with Crippen molar-refractivity contribution in [2.24, 2.45) is 11.3 Å². The van der Waals surface area contributed by atoms with Gasteiger partial charge in [-0.05, 0) is 24.5 Å². The van der Waals surface area contributed by atoms with E-state index in [2.05, 4.69) is 6.07 Å². The van der Waals surface area contributed by atoms with Crippen molar-refractivity contribution in [1.82, 2.24) is 0 Å². The van der Waals surface area contributed by atoms with Crippen LogP contribution in [0.3, 0.4) is 0 Å². The van der Waals surface area contributed by atoms with Gasteiger partial charge in [0.1, 0.15) is 5.83 Å². The average molecular weight is 228 g/mol. The lowest BCUT2D eigenvalue weighted by atomic mass is 9.88. The lowest BCUT2D eigenvalue weighted by molar-refractivity contribution is 0.264. The number of nitrogens with zero attached hydrogens (tertiary/aromatic N) is 1. The van der Waals surface area contributed by atoms with Crippen molar-refractivity contribution in [2.75, 3.05) is 6.61 Å². The van der Waals surface area contributed by atoms with Gasteiger partial charge >= 0.3 is 0 Å². The molecule has 2 unspecified atom stereocenters. The minimum atomic E-state index is -0.657. The number of allylic oxidation sites excluding steroid dienone is 4. The molecule has 1 fully saturated rings. The smallest absolute Gasteiger partial charge is 0.118 e. The van der Waals surface area contributed by atoms with Gasteiger partial charge in [-0.15, -0.1) is 11.6 Å². The predicted molar refractivity (Wildman–Crippen MR) is 54.8 cm³/mol. The Morgan fingerprint density at radius 3 is 2.87 bits per heavy atom. The molecule has 0 saturated heterocycles. The number of nitriles is 1. The van der Waals surface area contributed by atoms with Gasteiger partial charge in [0.15, 0.2) is 0 Å². The van der Waals surface area contributed by atoms with Crippen molar-refractivity contribution in [3.8, 4) is 6.07 Å². The van der Waals surface area contributed by atoms with Crippen molar-refractivity contribution >= 4 is 11.6 Å². The van der Waals surface area contributed by atoms with Gasteiger partial charge in [-0.1, -0.05) is 6.08 Å². The van der Waals surface area contributed by atoms with Crippen molar-refractivity contribution < 1.29 is 9.50 Å². The molecular formula is C11H11ClFNO. The van der Waals surface area contributed by atoms with Crippen LogP contribution < -0.4 is 0 Å². The fourth-order valence-corrected chi connectivity index (χ4v) is 2.37. The van der Waals surface area contributed by atoms with Crippen LogP contribution in [0.25, 0.3) is 0 Å². The van der Waals surface area contributed by atoms with Gasteiger partial charge in [0.2, 0.25) is 0 Å². The molecule has 0 aromatic heterocycles. The van der Waals surface area contributed by atoms with Crippen LogP contribution in [-0.4, -0.2) is 17.1 Å². The SMILES string of the molecule is N#C[C@@]1(C2=CC=C(F)C(Cl)C2)CC1CO. The summed E-state index contributed by atoms with van der Waals surface area (Å²) in [6.07, 6.45) is 3.98. The van der Waals surface area contributed by atoms with Crippen LogP contribution in [0, 0.1) is 22.7 Å². The molecule has 0 aromatic carbocycles. The molecule has 0 aliphatic heterocycles. The largest absolute Gasteiger partial charge is 0.396 e. The topological polar surface area (TPSA) is 44.0 Å². The van der Waals surface area contributed by atoms with Crippen LogP contribution in [0.1, 0.15) is 12.8 Å². The van der Waals surface area contributed by atoms with Crippen molar-refractivity contribution in [3.05, 3.63) is 23.6 Å². The molecule has 0 bridgehead atoms. The highest BCUT2D eigenvalue weighted by atomic mass is 35.5. The molecule has 0 radical (unpaired) electrons. The Labute approximate surface area is 92.7 Å². The van der Waals surface area contributed by atoms with Crippen LogP contribution in [-0.2, 0) is 0 Å². The Morgan fingerprint density at radius 2 is 2.40 bits per heavy atom. The monoisotopic (exact) mass is 227 g/mol. The van der Waals surface area contributed by atoms with Crippen LogP contribution in [0.4, 0.5) is 4.39 Å². The molecule has 2 rings (SSSR count). The van der Waals surface area contributed by atoms with E-state index >= 15 is 0 Å². The standard InChI is InChI=1S/C11H11ClFNO/c12-9-3-7(1-2-10(9)13)11(6-14)4-8(11)5-15/h1-2,8-9,15H,3-5H2/t8?,9?,11-/m1/s1. The van der Waals surface area contributed by atoms with Gasteiger partial charge in [0.05, 0.1) is 16.9 Å². The van der Waals surface area contributed by atoms with Crippen LogP contribution in [0.2, 0.25) is 0 Å². The molecule has 0 heterocycles. The molecule has 4 heteroatoms. The van der Waals surface area contributed by atoms with E-state index in [4.69, 9.17) is 22.0 Å². The summed E-state index contributed by atoms with van der Waals surface area (Å²) in [5, 5.41) is 17.5. The molecule has 1 saturated carbocycles. The van der Waals surface area contributed by atoms with E-state index in [1.807, 2.05) is 0 Å². The van der Waals surface area contributed by atoms with E-state index in [0.717, 1.165) is 5.57 Å². The molecule has 0 spiro atoms. The highest BCUT2D eigenvalue weighted by Gasteiger charge is 2.57. The number of hydrogen-bond donors (Lipinski definition) is 1. The number of aliphatic hydroxyl groups is 1. The van der Waals surface area contributed by atoms with E-state index < -0.39 is 10.8 Å². The fourth-order valence-electron chi connectivity index (χ4n) is 2.13. The van der Waals surface area contributed by atoms with Crippen LogP contribution in [0.15, 0.2) is 23.6 Å². The Bertz CT molecular complexity index is 385. The fraction of sp³-hybridized carbons (Fsp3) is 0.545. The maximum absolute atomic E-state index is 13.0. The zero-order chi connectivity index (χ0) is 11.1. The van der Waals surface area contributed by atoms with Gasteiger partial charge in [-0.3, -0.25) is 0 Å². The molecular weight excluding hydrogens is 217 g/mol. The maximum Gasteiger partial charge on any atom is 0.118 e. The molecule has 15 heavy (non-hydrogen) atoms. The van der Waals surface area contributed by atoms with Crippen molar-refractivity contribution in [2.45, 2.75) is 18.2 Å². The molecule has 1 N–H and O–H groups in total. The summed E-state index contributed by atoms with van der Waals surface area (Å²) < 4.78 is 13.0. The molecule has 3 atom stereocenters. The molecule has 80 valence electrons. The summed E-state index contributed by atoms with van der Waals surface area (Å²) in [6, 6.07) is 2.22. The quantitative estimate of drug-likeness (QED) is 0.736. The van der Waals surface area contributed by atoms with Gasteiger partial charge in [0.25, 0.3) is 0 Å². The summed E-state index contributed by atoms with van der Waals surface area (Å²) in [6.45, 7) is 0.00402. The van der Waals surface area contributed by atoms with Gasteiger partial charge in [-0.25, -0.2) is 4.39 Å². The second kappa shape index (κ2) is 3.62. The first-order valence-corrected chi connectivity index (χ1v) is 5.30. The third kappa shape index (κ3) is 1.58. The lowest BCUT2D eigenvalue weighted by Gasteiger charge is -2.19. The minimum Gasteiger partial charge on any atom is -0.396 e. The third-order valence-electron chi connectivity index (χ3n) is 3.24. The number of rotatable bonds is 2. The molecule has 2 nitrogen and oxygen atoms in total. The number of alkyl halides is 1. The second-order valence-corrected chi connectivity index (χ2v) is 4.61. The van der Waals surface area contributed by atoms with E-state index in [-0.39, 0.29) is 18.4 Å². The highest BCUT2D eigenvalue weighted by molar-refractivity contribution is 6.22. The van der Waals surface area contributed by atoms with E-state index in [9.17, 15) is 4.39 Å². The Kier molecular flexibility index (Phi) is 2.57. The van der Waals surface area contributed by atoms with E-state index in [0.29, 0.717) is 12.8 Å². The van der Waals surface area contributed by atoms with Gasteiger partial charge in [-0.2, -0.15) is 5.26 Å². The third-order valence-corrected chi connectivity index (χ3v) is 3.60. The first kappa shape index (κ1) is 10.7. The zero-order valence-electron chi connectivity index (χ0n) is 8.08. The zero-order valence-corrected chi connectivity index (χ0v) is 8.84. The predicted octanol–water partition coefficient (Wildman–Crippen LogP) is 2.30. The normalized spacial score (nSPS) is 39.1. The number of aliphatic hydroxyl groups excluding tert-OH is 1. The van der Waals surface area contributed by atoms with Gasteiger partial charge < -0.3 is 5.11 Å². The highest BCUT2D eigenvalue weighted by Crippen LogP contribution is 2.59. The Hall–Kier alpha value is -0.850. The Morgan fingerprint density at radius 1 is 1.67 bits per heavy atom. The number of hydrogen-bond acceptors (Lipinski definition) is 2. The van der Waals surface area contributed by atoms with Crippen molar-refractivity contribution in [1.29, 1.82) is 5.26 Å². The second-order valence-electron chi connectivity index (χ2n) is 4.08. The van der Waals surface area contributed by atoms with Crippen LogP contribution in [0.5, 0.6) is 0 Å². The minimum absolute atomic E-state index is 0.00402. The van der Waals surface area contributed by atoms with E-state index in [1.165, 1.54) is 6.08 Å². The van der Waals surface area contributed by atoms with Crippen LogP contribution >= 0.6 is 11.6 Å². The average Bonchev–Trinajstić information content (AvgIpc) is 2.97. The first-order chi connectivity index (χ1) is 7.14. The molecule has 0 amide bonds. The molecule has 2 aliphatic rings. The summed E-state index contributed by atoms with van der Waals surface area (Å²) in [4.78, 5) is 0. The van der Waals surface area contributed by atoms with Gasteiger partial charge in [0, 0.05) is 12.5 Å². The summed E-state index contributed by atoms with van der Waals surface area (Å²) >= 11 is 5.79. The lowest BCUT2D eigenvalue weighted by Crippen LogP contribution is -2.15. The molecule has 2 aliphatic carbocycles. The molecule has 0 aromatic rings. The maximum atomic E-state index is 13.0. The number of halogens is 2. The van der Waals surface area contributed by atoms with Crippen molar-refractivity contribution in [3.63, 3.8) is 0 Å².